The minimum atomic E-state index is -3.77. The Labute approximate surface area is 139 Å². The van der Waals surface area contributed by atoms with Gasteiger partial charge in [-0.05, 0) is 38.3 Å². The van der Waals surface area contributed by atoms with Gasteiger partial charge in [0.25, 0.3) is 10.1 Å². The second-order valence-electron chi connectivity index (χ2n) is 5.63. The van der Waals surface area contributed by atoms with Gasteiger partial charge in [0.2, 0.25) is 0 Å². The van der Waals surface area contributed by atoms with Gasteiger partial charge >= 0.3 is 5.97 Å². The average Bonchev–Trinajstić information content (AvgIpc) is 2.50. The molecule has 0 saturated heterocycles. The molecule has 0 amide bonds. The predicted molar refractivity (Wildman–Crippen MR) is 88.5 cm³/mol. The summed E-state index contributed by atoms with van der Waals surface area (Å²) in [6.45, 7) is 5.20. The molecule has 0 heterocycles. The molecule has 0 aliphatic heterocycles. The summed E-state index contributed by atoms with van der Waals surface area (Å²) in [6, 6.07) is 8.13. The van der Waals surface area contributed by atoms with E-state index in [0.717, 1.165) is 12.8 Å². The van der Waals surface area contributed by atoms with Crippen molar-refractivity contribution < 1.29 is 22.1 Å². The lowest BCUT2D eigenvalue weighted by Crippen LogP contribution is -2.22. The Bertz CT molecular complexity index is 568. The van der Waals surface area contributed by atoms with Crippen molar-refractivity contribution in [2.24, 2.45) is 0 Å². The molecule has 1 aromatic rings. The van der Waals surface area contributed by atoms with Gasteiger partial charge in [0, 0.05) is 6.92 Å². The number of unbranched alkanes of at least 4 members (excludes halogenated alkanes) is 1. The van der Waals surface area contributed by atoms with Crippen molar-refractivity contribution in [3.63, 3.8) is 0 Å². The van der Waals surface area contributed by atoms with Crippen molar-refractivity contribution in [2.45, 2.75) is 70.0 Å². The highest BCUT2D eigenvalue weighted by Gasteiger charge is 2.22. The molecule has 6 heteroatoms. The standard InChI is InChI=1S/C17H26O5S/c1-4-5-9-16(13-12-14(2)21-15(3)18)22-23(19,20)17-10-7-6-8-11-17/h6-8,10-11,14,16H,4-5,9,12-13H2,1-3H3. The number of ether oxygens (including phenoxy) is 1. The minimum absolute atomic E-state index is 0.162. The Morgan fingerprint density at radius 3 is 2.35 bits per heavy atom. The van der Waals surface area contributed by atoms with E-state index in [2.05, 4.69) is 0 Å². The summed E-state index contributed by atoms with van der Waals surface area (Å²) < 4.78 is 35.1. The highest BCUT2D eigenvalue weighted by Crippen LogP contribution is 2.20. The van der Waals surface area contributed by atoms with Crippen molar-refractivity contribution >= 4 is 16.1 Å². The number of rotatable bonds is 10. The maximum Gasteiger partial charge on any atom is 0.302 e. The van der Waals surface area contributed by atoms with Crippen molar-refractivity contribution in [1.29, 1.82) is 0 Å². The van der Waals surface area contributed by atoms with E-state index in [1.165, 1.54) is 19.1 Å². The van der Waals surface area contributed by atoms with Gasteiger partial charge in [-0.1, -0.05) is 38.0 Å². The van der Waals surface area contributed by atoms with E-state index in [4.69, 9.17) is 8.92 Å². The van der Waals surface area contributed by atoms with Crippen molar-refractivity contribution in [1.82, 2.24) is 0 Å². The molecular weight excluding hydrogens is 316 g/mol. The Hall–Kier alpha value is -1.40. The summed E-state index contributed by atoms with van der Waals surface area (Å²) in [5.74, 6) is -0.333. The van der Waals surface area contributed by atoms with Gasteiger partial charge in [0.15, 0.2) is 0 Å². The van der Waals surface area contributed by atoms with Crippen LogP contribution >= 0.6 is 0 Å². The Morgan fingerprint density at radius 2 is 1.78 bits per heavy atom. The summed E-state index contributed by atoms with van der Waals surface area (Å²) in [6.07, 6.45) is 2.95. The van der Waals surface area contributed by atoms with Crippen LogP contribution < -0.4 is 0 Å². The van der Waals surface area contributed by atoms with Gasteiger partial charge in [0.1, 0.15) is 0 Å². The van der Waals surface area contributed by atoms with Crippen molar-refractivity contribution in [3.05, 3.63) is 30.3 Å². The Kier molecular flexibility index (Phi) is 8.26. The highest BCUT2D eigenvalue weighted by molar-refractivity contribution is 7.86. The van der Waals surface area contributed by atoms with Gasteiger partial charge in [-0.2, -0.15) is 8.42 Å². The molecule has 0 N–H and O–H groups in total. The largest absolute Gasteiger partial charge is 0.463 e. The molecule has 2 atom stereocenters. The Morgan fingerprint density at radius 1 is 1.13 bits per heavy atom. The summed E-state index contributed by atoms with van der Waals surface area (Å²) in [5, 5.41) is 0. The summed E-state index contributed by atoms with van der Waals surface area (Å²) in [4.78, 5) is 11.1. The lowest BCUT2D eigenvalue weighted by Gasteiger charge is -2.19. The van der Waals surface area contributed by atoms with Gasteiger partial charge in [0.05, 0.1) is 17.1 Å². The fourth-order valence-corrected chi connectivity index (χ4v) is 3.41. The minimum Gasteiger partial charge on any atom is -0.463 e. The normalized spacial score (nSPS) is 14.2. The zero-order valence-corrected chi connectivity index (χ0v) is 14.8. The van der Waals surface area contributed by atoms with Gasteiger partial charge in [-0.15, -0.1) is 0 Å². The van der Waals surface area contributed by atoms with Crippen LogP contribution in [-0.2, 0) is 23.8 Å². The second kappa shape index (κ2) is 9.67. The smallest absolute Gasteiger partial charge is 0.302 e. The van der Waals surface area contributed by atoms with E-state index in [9.17, 15) is 13.2 Å². The molecule has 130 valence electrons. The van der Waals surface area contributed by atoms with Crippen LogP contribution in [0.4, 0.5) is 0 Å². The van der Waals surface area contributed by atoms with Crippen LogP contribution in [0.15, 0.2) is 35.2 Å². The van der Waals surface area contributed by atoms with Crippen LogP contribution in [-0.4, -0.2) is 26.6 Å². The molecule has 0 saturated carbocycles. The molecule has 1 aromatic carbocycles. The van der Waals surface area contributed by atoms with Crippen LogP contribution in [0.3, 0.4) is 0 Å². The van der Waals surface area contributed by atoms with Crippen LogP contribution in [0.1, 0.15) is 52.9 Å². The average molecular weight is 342 g/mol. The third kappa shape index (κ3) is 7.61. The van der Waals surface area contributed by atoms with Crippen LogP contribution in [0.5, 0.6) is 0 Å². The number of esters is 1. The van der Waals surface area contributed by atoms with E-state index < -0.39 is 16.2 Å². The molecule has 0 bridgehead atoms. The molecule has 1 rings (SSSR count). The number of hydrogen-bond acceptors (Lipinski definition) is 5. The molecule has 0 fully saturated rings. The number of benzene rings is 1. The third-order valence-corrected chi connectivity index (χ3v) is 4.81. The van der Waals surface area contributed by atoms with Gasteiger partial charge in [-0.3, -0.25) is 8.98 Å². The van der Waals surface area contributed by atoms with E-state index >= 15 is 0 Å². The van der Waals surface area contributed by atoms with E-state index in [-0.39, 0.29) is 17.0 Å². The molecule has 0 aliphatic carbocycles. The quantitative estimate of drug-likeness (QED) is 0.479. The number of hydrogen-bond donors (Lipinski definition) is 0. The predicted octanol–water partition coefficient (Wildman–Crippen LogP) is 3.68. The van der Waals surface area contributed by atoms with Crippen molar-refractivity contribution in [2.75, 3.05) is 0 Å². The maximum absolute atomic E-state index is 12.3. The molecule has 2 unspecified atom stereocenters. The highest BCUT2D eigenvalue weighted by atomic mass is 32.2. The molecule has 5 nitrogen and oxygen atoms in total. The van der Waals surface area contributed by atoms with Crippen molar-refractivity contribution in [3.8, 4) is 0 Å². The topological polar surface area (TPSA) is 69.7 Å². The van der Waals surface area contributed by atoms with Gasteiger partial charge < -0.3 is 4.74 Å². The first-order valence-corrected chi connectivity index (χ1v) is 9.41. The zero-order valence-electron chi connectivity index (χ0n) is 14.0. The molecule has 0 aromatic heterocycles. The molecule has 23 heavy (non-hydrogen) atoms. The number of carbonyl (C=O) groups excluding carboxylic acids is 1. The molecule has 0 spiro atoms. The monoisotopic (exact) mass is 342 g/mol. The fraction of sp³-hybridized carbons (Fsp3) is 0.588. The number of carbonyl (C=O) groups is 1. The van der Waals surface area contributed by atoms with E-state index in [1.54, 1.807) is 25.1 Å². The molecule has 0 aliphatic rings. The lowest BCUT2D eigenvalue weighted by molar-refractivity contribution is -0.145. The summed E-state index contributed by atoms with van der Waals surface area (Å²) >= 11 is 0. The first-order chi connectivity index (χ1) is 10.8. The fourth-order valence-electron chi connectivity index (χ4n) is 2.26. The Balaban J connectivity index is 2.68. The maximum atomic E-state index is 12.3. The summed E-state index contributed by atoms with van der Waals surface area (Å²) in [5.41, 5.74) is 0. The van der Waals surface area contributed by atoms with E-state index in [0.29, 0.717) is 19.3 Å². The second-order valence-corrected chi connectivity index (χ2v) is 7.20. The first-order valence-electron chi connectivity index (χ1n) is 8.00. The van der Waals surface area contributed by atoms with Crippen LogP contribution in [0.2, 0.25) is 0 Å². The lowest BCUT2D eigenvalue weighted by atomic mass is 10.1. The third-order valence-electron chi connectivity index (χ3n) is 3.44. The van der Waals surface area contributed by atoms with Crippen LogP contribution in [0.25, 0.3) is 0 Å². The van der Waals surface area contributed by atoms with Crippen LogP contribution in [0, 0.1) is 0 Å². The molecule has 0 radical (unpaired) electrons. The van der Waals surface area contributed by atoms with E-state index in [1.807, 2.05) is 6.92 Å². The van der Waals surface area contributed by atoms with Gasteiger partial charge in [-0.25, -0.2) is 0 Å². The zero-order chi connectivity index (χ0) is 17.3. The summed E-state index contributed by atoms with van der Waals surface area (Å²) in [7, 11) is -3.77. The first kappa shape index (κ1) is 19.6. The SMILES string of the molecule is CCCCC(CCC(C)OC(C)=O)OS(=O)(=O)c1ccccc1. The molecular formula is C17H26O5S.